The van der Waals surface area contributed by atoms with Gasteiger partial charge in [0.2, 0.25) is 0 Å². The molecule has 0 N–H and O–H groups in total. The van der Waals surface area contributed by atoms with Crippen molar-refractivity contribution >= 4 is 0 Å². The van der Waals surface area contributed by atoms with Crippen molar-refractivity contribution < 1.29 is 0 Å². The molecule has 324 valence electrons. The maximum absolute atomic E-state index is 2.75. The summed E-state index contributed by atoms with van der Waals surface area (Å²) in [6.07, 6.45) is 16.7. The van der Waals surface area contributed by atoms with Crippen molar-refractivity contribution in [2.24, 2.45) is 0 Å². The molecule has 1 atom stereocenters. The van der Waals surface area contributed by atoms with E-state index < -0.39 is 0 Å². The van der Waals surface area contributed by atoms with E-state index in [1.807, 2.05) is 0 Å². The molecule has 0 fully saturated rings. The Labute approximate surface area is 358 Å². The van der Waals surface area contributed by atoms with E-state index in [0.29, 0.717) is 0 Å². The van der Waals surface area contributed by atoms with Gasteiger partial charge in [-0.2, -0.15) is 0 Å². The molecule has 0 bridgehead atoms. The first kappa shape index (κ1) is 48.1. The van der Waals surface area contributed by atoms with Gasteiger partial charge in [-0.25, -0.2) is 0 Å². The van der Waals surface area contributed by atoms with Crippen molar-refractivity contribution in [3.05, 3.63) is 82.9 Å². The normalized spacial score (nSPS) is 15.2. The third-order valence-corrected chi connectivity index (χ3v) is 12.7. The highest BCUT2D eigenvalue weighted by atomic mass is 15.2. The van der Waals surface area contributed by atoms with Crippen LogP contribution in [0, 0.1) is 13.8 Å². The molecule has 0 saturated carbocycles. The van der Waals surface area contributed by atoms with Gasteiger partial charge in [0.05, 0.1) is 0 Å². The predicted octanol–water partition coefficient (Wildman–Crippen LogP) is 10.2. The number of nitrogens with zero attached hydrogens (tertiary/aromatic N) is 6. The SMILES string of the molecule is Cc1ccc(-c2ccc3c(c2)C(CCCCCCN(CCCN(C)C)CCCN(C)C)(CCCCCCN(CCCN(C)C)CCN(C)C)c2cc(C)ccc2-3)cc1. The molecule has 0 spiro atoms. The number of fused-ring (bicyclic) bond motifs is 3. The van der Waals surface area contributed by atoms with Crippen LogP contribution >= 0.6 is 0 Å². The van der Waals surface area contributed by atoms with Crippen LogP contribution in [0.2, 0.25) is 0 Å². The average molecular weight is 795 g/mol. The molecule has 0 radical (unpaired) electrons. The number of likely N-dealkylation sites (N-methyl/N-ethyl adjacent to an activating group) is 1. The molecule has 1 aliphatic rings. The van der Waals surface area contributed by atoms with Crippen molar-refractivity contribution in [3.63, 3.8) is 0 Å². The molecular formula is C52H86N6. The van der Waals surface area contributed by atoms with Crippen LogP contribution in [0.5, 0.6) is 0 Å². The van der Waals surface area contributed by atoms with Crippen molar-refractivity contribution in [3.8, 4) is 22.3 Å². The zero-order chi connectivity index (χ0) is 41.9. The summed E-state index contributed by atoms with van der Waals surface area (Å²) >= 11 is 0. The molecule has 0 amide bonds. The largest absolute Gasteiger partial charge is 0.309 e. The Balaban J connectivity index is 1.47. The first-order chi connectivity index (χ1) is 27.9. The van der Waals surface area contributed by atoms with Crippen LogP contribution in [0.4, 0.5) is 0 Å². The molecule has 6 nitrogen and oxygen atoms in total. The Bertz CT molecular complexity index is 1570. The van der Waals surface area contributed by atoms with Crippen molar-refractivity contribution in [2.45, 2.75) is 103 Å². The van der Waals surface area contributed by atoms with E-state index in [1.54, 1.807) is 11.1 Å². The Morgan fingerprint density at radius 2 is 0.741 bits per heavy atom. The minimum absolute atomic E-state index is 0.0751. The topological polar surface area (TPSA) is 19.4 Å². The van der Waals surface area contributed by atoms with Gasteiger partial charge in [0.25, 0.3) is 0 Å². The zero-order valence-corrected chi connectivity index (χ0v) is 39.2. The van der Waals surface area contributed by atoms with Gasteiger partial charge < -0.3 is 29.4 Å². The minimum Gasteiger partial charge on any atom is -0.309 e. The summed E-state index contributed by atoms with van der Waals surface area (Å²) < 4.78 is 0. The van der Waals surface area contributed by atoms with Gasteiger partial charge in [-0.1, -0.05) is 104 Å². The van der Waals surface area contributed by atoms with E-state index in [9.17, 15) is 0 Å². The number of benzene rings is 3. The fraction of sp³-hybridized carbons (Fsp3) is 0.654. The molecular weight excluding hydrogens is 709 g/mol. The maximum Gasteiger partial charge on any atom is 0.0215 e. The molecule has 3 aromatic rings. The molecule has 58 heavy (non-hydrogen) atoms. The molecule has 0 heterocycles. The number of aryl methyl sites for hydroxylation is 2. The van der Waals surface area contributed by atoms with E-state index in [2.05, 4.69) is 160 Å². The lowest BCUT2D eigenvalue weighted by atomic mass is 9.70. The molecule has 0 aliphatic heterocycles. The lowest BCUT2D eigenvalue weighted by Gasteiger charge is -2.33. The highest BCUT2D eigenvalue weighted by Crippen LogP contribution is 2.55. The molecule has 3 aromatic carbocycles. The summed E-state index contributed by atoms with van der Waals surface area (Å²) in [7, 11) is 17.6. The molecule has 4 rings (SSSR count). The smallest absolute Gasteiger partial charge is 0.0215 e. The van der Waals surface area contributed by atoms with Crippen molar-refractivity contribution in [1.29, 1.82) is 0 Å². The van der Waals surface area contributed by atoms with Gasteiger partial charge >= 0.3 is 0 Å². The van der Waals surface area contributed by atoms with Gasteiger partial charge in [0.15, 0.2) is 0 Å². The van der Waals surface area contributed by atoms with E-state index in [4.69, 9.17) is 0 Å². The Hall–Kier alpha value is -2.58. The average Bonchev–Trinajstić information content (AvgIpc) is 3.43. The lowest BCUT2D eigenvalue weighted by molar-refractivity contribution is 0.224. The second-order valence-corrected chi connectivity index (χ2v) is 19.0. The van der Waals surface area contributed by atoms with Gasteiger partial charge in [0.1, 0.15) is 0 Å². The molecule has 0 saturated heterocycles. The van der Waals surface area contributed by atoms with Crippen LogP contribution in [-0.2, 0) is 5.41 Å². The quantitative estimate of drug-likeness (QED) is 0.0622. The van der Waals surface area contributed by atoms with E-state index in [1.165, 1.54) is 176 Å². The van der Waals surface area contributed by atoms with E-state index in [0.717, 1.165) is 6.54 Å². The second kappa shape index (κ2) is 25.3. The monoisotopic (exact) mass is 795 g/mol. The Morgan fingerprint density at radius 1 is 0.345 bits per heavy atom. The van der Waals surface area contributed by atoms with Crippen LogP contribution < -0.4 is 0 Å². The highest BCUT2D eigenvalue weighted by Gasteiger charge is 2.42. The van der Waals surface area contributed by atoms with Crippen LogP contribution in [0.15, 0.2) is 60.7 Å². The minimum atomic E-state index is 0.0751. The standard InChI is InChI=1S/C52H86N6/c1-44-22-25-46(26-23-44)47-27-29-49-48-28-24-45(2)42-50(48)52(51(49)43-47,31-16-12-14-18-36-58(41-40-56(9)10)39-21-34-55(7)8)30-15-11-13-17-35-57(37-19-32-53(3)4)38-20-33-54(5)6/h22-29,42-43H,11-21,30-41H2,1-10H3. The maximum atomic E-state index is 2.75. The second-order valence-electron chi connectivity index (χ2n) is 19.0. The molecule has 1 unspecified atom stereocenters. The molecule has 0 aromatic heterocycles. The first-order valence-electron chi connectivity index (χ1n) is 23.2. The summed E-state index contributed by atoms with van der Waals surface area (Å²) in [5, 5.41) is 0. The van der Waals surface area contributed by atoms with Crippen molar-refractivity contribution in [2.75, 3.05) is 122 Å². The third kappa shape index (κ3) is 15.8. The summed E-state index contributed by atoms with van der Waals surface area (Å²) in [4.78, 5) is 14.8. The van der Waals surface area contributed by atoms with Gasteiger partial charge in [0, 0.05) is 18.5 Å². The van der Waals surface area contributed by atoms with Gasteiger partial charge in [-0.3, -0.25) is 0 Å². The number of hydrogen-bond acceptors (Lipinski definition) is 6. The van der Waals surface area contributed by atoms with Crippen molar-refractivity contribution in [1.82, 2.24) is 29.4 Å². The fourth-order valence-electron chi connectivity index (χ4n) is 9.27. The Morgan fingerprint density at radius 3 is 1.24 bits per heavy atom. The van der Waals surface area contributed by atoms with Gasteiger partial charge in [-0.15, -0.1) is 0 Å². The van der Waals surface area contributed by atoms with E-state index >= 15 is 0 Å². The van der Waals surface area contributed by atoms with E-state index in [-0.39, 0.29) is 5.41 Å². The Kier molecular flexibility index (Phi) is 20.9. The summed E-state index contributed by atoms with van der Waals surface area (Å²) in [5.74, 6) is 0. The molecule has 6 heteroatoms. The zero-order valence-electron chi connectivity index (χ0n) is 39.2. The first-order valence-corrected chi connectivity index (χ1v) is 23.2. The lowest BCUT2D eigenvalue weighted by Crippen LogP contribution is -2.34. The third-order valence-electron chi connectivity index (χ3n) is 12.7. The number of unbranched alkanes of at least 4 members (excludes halogenated alkanes) is 6. The predicted molar refractivity (Wildman–Crippen MR) is 255 cm³/mol. The fourth-order valence-corrected chi connectivity index (χ4v) is 9.27. The van der Waals surface area contributed by atoms with Crippen LogP contribution in [0.1, 0.15) is 106 Å². The number of rotatable bonds is 30. The van der Waals surface area contributed by atoms with Crippen LogP contribution in [-0.4, -0.2) is 151 Å². The summed E-state index contributed by atoms with van der Waals surface area (Å²) in [6.45, 7) is 16.4. The van der Waals surface area contributed by atoms with Crippen LogP contribution in [0.25, 0.3) is 22.3 Å². The van der Waals surface area contributed by atoms with Gasteiger partial charge in [-0.05, 0) is 207 Å². The highest BCUT2D eigenvalue weighted by molar-refractivity contribution is 5.84. The van der Waals surface area contributed by atoms with Crippen LogP contribution in [0.3, 0.4) is 0 Å². The number of hydrogen-bond donors (Lipinski definition) is 0. The molecule has 1 aliphatic carbocycles. The summed E-state index contributed by atoms with van der Waals surface area (Å²) in [6, 6.07) is 24.0. The summed E-state index contributed by atoms with van der Waals surface area (Å²) in [5.41, 5.74) is 11.6.